The first-order chi connectivity index (χ1) is 7.66. The molecule has 1 atom stereocenters. The predicted octanol–water partition coefficient (Wildman–Crippen LogP) is 2.94. The van der Waals surface area contributed by atoms with Crippen molar-refractivity contribution in [3.8, 4) is 0 Å². The number of rotatable bonds is 4. The van der Waals surface area contributed by atoms with Crippen molar-refractivity contribution in [1.82, 2.24) is 0 Å². The normalized spacial score (nSPS) is 17.9. The second-order valence-corrected chi connectivity index (χ2v) is 5.06. The molecular weight excluding hydrogens is 196 g/mol. The Kier molecular flexibility index (Phi) is 3.49. The summed E-state index contributed by atoms with van der Waals surface area (Å²) < 4.78 is 0. The van der Waals surface area contributed by atoms with E-state index in [1.54, 1.807) is 0 Å². The molecule has 1 aliphatic rings. The average Bonchev–Trinajstić information content (AvgIpc) is 2.23. The Morgan fingerprint density at radius 2 is 1.94 bits per heavy atom. The Hall–Kier alpha value is -1.02. The van der Waals surface area contributed by atoms with Crippen LogP contribution < -0.4 is 10.6 Å². The largest absolute Gasteiger partial charge is 0.374 e. The summed E-state index contributed by atoms with van der Waals surface area (Å²) in [6, 6.07) is 8.76. The summed E-state index contributed by atoms with van der Waals surface area (Å²) in [6.07, 6.45) is 4.23. The molecule has 0 radical (unpaired) electrons. The summed E-state index contributed by atoms with van der Waals surface area (Å²) in [5.74, 6) is 0.915. The highest BCUT2D eigenvalue weighted by Crippen LogP contribution is 2.28. The van der Waals surface area contributed by atoms with Gasteiger partial charge >= 0.3 is 0 Å². The summed E-state index contributed by atoms with van der Waals surface area (Å²) in [5, 5.41) is 0. The highest BCUT2D eigenvalue weighted by Gasteiger charge is 2.19. The molecular formula is C14H22N2. The van der Waals surface area contributed by atoms with E-state index < -0.39 is 0 Å². The minimum Gasteiger partial charge on any atom is -0.374 e. The quantitative estimate of drug-likeness (QED) is 0.842. The van der Waals surface area contributed by atoms with Gasteiger partial charge in [-0.25, -0.2) is 0 Å². The van der Waals surface area contributed by atoms with Crippen LogP contribution in [-0.2, 0) is 0 Å². The molecule has 2 N–H and O–H groups in total. The smallest absolute Gasteiger partial charge is 0.0363 e. The Bertz CT molecular complexity index is 325. The Balaban J connectivity index is 1.97. The molecule has 2 heteroatoms. The molecule has 1 saturated carbocycles. The summed E-state index contributed by atoms with van der Waals surface area (Å²) >= 11 is 0. The first-order valence-electron chi connectivity index (χ1n) is 6.23. The van der Waals surface area contributed by atoms with Crippen molar-refractivity contribution >= 4 is 5.69 Å². The minimum absolute atomic E-state index is 0.131. The van der Waals surface area contributed by atoms with Gasteiger partial charge in [-0.3, -0.25) is 0 Å². The summed E-state index contributed by atoms with van der Waals surface area (Å²) in [6.45, 7) is 3.21. The molecule has 0 spiro atoms. The van der Waals surface area contributed by atoms with Crippen LogP contribution in [-0.4, -0.2) is 13.6 Å². The topological polar surface area (TPSA) is 29.3 Å². The van der Waals surface area contributed by atoms with E-state index in [1.807, 2.05) is 6.92 Å². The van der Waals surface area contributed by atoms with E-state index in [1.165, 1.54) is 37.1 Å². The van der Waals surface area contributed by atoms with E-state index >= 15 is 0 Å². The standard InChI is InChI=1S/C14H22N2/c1-11(15)13-6-8-14(9-7-13)16(2)10-12-4-3-5-12/h6-9,11-12H,3-5,10,15H2,1-2H3/t11-/m1/s1. The summed E-state index contributed by atoms with van der Waals surface area (Å²) in [5.41, 5.74) is 8.35. The van der Waals surface area contributed by atoms with E-state index in [-0.39, 0.29) is 6.04 Å². The van der Waals surface area contributed by atoms with Crippen molar-refractivity contribution < 1.29 is 0 Å². The lowest BCUT2D eigenvalue weighted by molar-refractivity contribution is 0.321. The monoisotopic (exact) mass is 218 g/mol. The van der Waals surface area contributed by atoms with Crippen LogP contribution in [0.2, 0.25) is 0 Å². The summed E-state index contributed by atoms with van der Waals surface area (Å²) in [4.78, 5) is 2.36. The molecule has 0 unspecified atom stereocenters. The van der Waals surface area contributed by atoms with Gasteiger partial charge < -0.3 is 10.6 Å². The van der Waals surface area contributed by atoms with Crippen molar-refractivity contribution in [2.45, 2.75) is 32.2 Å². The van der Waals surface area contributed by atoms with Crippen LogP contribution in [0.25, 0.3) is 0 Å². The number of benzene rings is 1. The number of nitrogens with zero attached hydrogens (tertiary/aromatic N) is 1. The number of hydrogen-bond acceptors (Lipinski definition) is 2. The van der Waals surface area contributed by atoms with Crippen molar-refractivity contribution in [3.05, 3.63) is 29.8 Å². The molecule has 1 fully saturated rings. The fraction of sp³-hybridized carbons (Fsp3) is 0.571. The van der Waals surface area contributed by atoms with Gasteiger partial charge in [0.05, 0.1) is 0 Å². The molecule has 1 aliphatic carbocycles. The maximum atomic E-state index is 5.84. The molecule has 2 rings (SSSR count). The number of nitrogens with two attached hydrogens (primary N) is 1. The van der Waals surface area contributed by atoms with Crippen LogP contribution >= 0.6 is 0 Å². The second kappa shape index (κ2) is 4.88. The average molecular weight is 218 g/mol. The van der Waals surface area contributed by atoms with Gasteiger partial charge in [0, 0.05) is 25.3 Å². The fourth-order valence-electron chi connectivity index (χ4n) is 2.20. The third kappa shape index (κ3) is 2.56. The first kappa shape index (κ1) is 11.5. The lowest BCUT2D eigenvalue weighted by Crippen LogP contribution is -2.29. The number of anilines is 1. The lowest BCUT2D eigenvalue weighted by atomic mass is 9.85. The van der Waals surface area contributed by atoms with Crippen molar-refractivity contribution in [3.63, 3.8) is 0 Å². The fourth-order valence-corrected chi connectivity index (χ4v) is 2.20. The first-order valence-corrected chi connectivity index (χ1v) is 6.23. The van der Waals surface area contributed by atoms with Gasteiger partial charge in [0.15, 0.2) is 0 Å². The Morgan fingerprint density at radius 3 is 2.38 bits per heavy atom. The van der Waals surface area contributed by atoms with Gasteiger partial charge in [0.2, 0.25) is 0 Å². The molecule has 0 bridgehead atoms. The van der Waals surface area contributed by atoms with Crippen LogP contribution in [0.15, 0.2) is 24.3 Å². The van der Waals surface area contributed by atoms with Crippen LogP contribution in [0.4, 0.5) is 5.69 Å². The second-order valence-electron chi connectivity index (χ2n) is 5.06. The molecule has 2 nitrogen and oxygen atoms in total. The molecule has 88 valence electrons. The zero-order valence-electron chi connectivity index (χ0n) is 10.3. The van der Waals surface area contributed by atoms with Gasteiger partial charge in [-0.15, -0.1) is 0 Å². The Morgan fingerprint density at radius 1 is 1.31 bits per heavy atom. The van der Waals surface area contributed by atoms with Gasteiger partial charge in [-0.2, -0.15) is 0 Å². The Labute approximate surface area is 98.4 Å². The van der Waals surface area contributed by atoms with Crippen LogP contribution in [0.5, 0.6) is 0 Å². The van der Waals surface area contributed by atoms with E-state index in [0.717, 1.165) is 5.92 Å². The molecule has 16 heavy (non-hydrogen) atoms. The van der Waals surface area contributed by atoms with Crippen LogP contribution in [0.1, 0.15) is 37.8 Å². The van der Waals surface area contributed by atoms with Gasteiger partial charge in [-0.1, -0.05) is 18.6 Å². The highest BCUT2D eigenvalue weighted by molar-refractivity contribution is 5.47. The maximum Gasteiger partial charge on any atom is 0.0363 e. The predicted molar refractivity (Wildman–Crippen MR) is 69.7 cm³/mol. The molecule has 0 aromatic heterocycles. The lowest BCUT2D eigenvalue weighted by Gasteiger charge is -2.31. The van der Waals surface area contributed by atoms with E-state index in [2.05, 4.69) is 36.2 Å². The SMILES string of the molecule is C[C@@H](N)c1ccc(N(C)CC2CCC2)cc1. The van der Waals surface area contributed by atoms with E-state index in [9.17, 15) is 0 Å². The van der Waals surface area contributed by atoms with Gasteiger partial charge in [0.1, 0.15) is 0 Å². The van der Waals surface area contributed by atoms with Crippen molar-refractivity contribution in [1.29, 1.82) is 0 Å². The third-order valence-electron chi connectivity index (χ3n) is 3.62. The maximum absolute atomic E-state index is 5.84. The van der Waals surface area contributed by atoms with Crippen molar-refractivity contribution in [2.24, 2.45) is 11.7 Å². The number of hydrogen-bond donors (Lipinski definition) is 1. The zero-order chi connectivity index (χ0) is 11.5. The molecule has 1 aromatic carbocycles. The highest BCUT2D eigenvalue weighted by atomic mass is 15.1. The van der Waals surface area contributed by atoms with E-state index in [4.69, 9.17) is 5.73 Å². The van der Waals surface area contributed by atoms with Gasteiger partial charge in [-0.05, 0) is 43.4 Å². The van der Waals surface area contributed by atoms with Gasteiger partial charge in [0.25, 0.3) is 0 Å². The van der Waals surface area contributed by atoms with Crippen LogP contribution in [0.3, 0.4) is 0 Å². The molecule has 0 aliphatic heterocycles. The van der Waals surface area contributed by atoms with Crippen LogP contribution in [0, 0.1) is 5.92 Å². The van der Waals surface area contributed by atoms with E-state index in [0.29, 0.717) is 0 Å². The van der Waals surface area contributed by atoms with Crippen molar-refractivity contribution in [2.75, 3.05) is 18.5 Å². The minimum atomic E-state index is 0.131. The summed E-state index contributed by atoms with van der Waals surface area (Å²) in [7, 11) is 2.18. The zero-order valence-corrected chi connectivity index (χ0v) is 10.3. The molecule has 0 heterocycles. The third-order valence-corrected chi connectivity index (χ3v) is 3.62. The molecule has 1 aromatic rings. The molecule has 0 amide bonds. The molecule has 0 saturated heterocycles.